The van der Waals surface area contributed by atoms with Crippen LogP contribution in [0.1, 0.15) is 26.4 Å². The number of nitrogens with one attached hydrogen (secondary N) is 1. The second-order valence-electron chi connectivity index (χ2n) is 5.51. The average molecular weight is 321 g/mol. The molecular weight excluding hydrogens is 306 g/mol. The van der Waals surface area contributed by atoms with Crippen molar-refractivity contribution in [3.63, 3.8) is 0 Å². The first kappa shape index (κ1) is 14.0. The van der Waals surface area contributed by atoms with Crippen LogP contribution in [0.15, 0.2) is 48.8 Å². The van der Waals surface area contributed by atoms with Crippen molar-refractivity contribution >= 4 is 22.9 Å². The number of nitrogens with zero attached hydrogens (tertiary/aromatic N) is 1. The van der Waals surface area contributed by atoms with E-state index in [1.807, 2.05) is 24.3 Å². The van der Waals surface area contributed by atoms with E-state index in [1.54, 1.807) is 12.4 Å². The van der Waals surface area contributed by atoms with Gasteiger partial charge in [-0.25, -0.2) is 0 Å². The van der Waals surface area contributed by atoms with Gasteiger partial charge in [0.2, 0.25) is 0 Å². The van der Waals surface area contributed by atoms with E-state index in [4.69, 9.17) is 5.73 Å². The summed E-state index contributed by atoms with van der Waals surface area (Å²) in [6.45, 7) is 0.719. The minimum atomic E-state index is -0.356. The van der Waals surface area contributed by atoms with Crippen molar-refractivity contribution in [2.75, 3.05) is 5.32 Å². The molecule has 5 heteroatoms. The van der Waals surface area contributed by atoms with Crippen molar-refractivity contribution in [1.29, 1.82) is 0 Å². The number of nitrogens with two attached hydrogens (primary N) is 1. The predicted octanol–water partition coefficient (Wildman–Crippen LogP) is 3.43. The first-order valence-corrected chi connectivity index (χ1v) is 8.22. The van der Waals surface area contributed by atoms with Crippen LogP contribution >= 0.6 is 11.3 Å². The number of primary amides is 1. The predicted molar refractivity (Wildman–Crippen MR) is 92.6 cm³/mol. The summed E-state index contributed by atoms with van der Waals surface area (Å²) in [5.74, 6) is -0.356. The average Bonchev–Trinajstić information content (AvgIpc) is 2.95. The highest BCUT2D eigenvalue weighted by Crippen LogP contribution is 2.44. The van der Waals surface area contributed by atoms with E-state index < -0.39 is 0 Å². The number of carbonyl (C=O) groups excluding carboxylic acids is 1. The quantitative estimate of drug-likeness (QED) is 0.776. The van der Waals surface area contributed by atoms with Crippen LogP contribution in [0, 0.1) is 0 Å². The van der Waals surface area contributed by atoms with Gasteiger partial charge < -0.3 is 11.1 Å². The molecule has 0 saturated carbocycles. The molecule has 0 spiro atoms. The molecule has 0 radical (unpaired) electrons. The molecule has 0 bridgehead atoms. The number of aromatic nitrogens is 1. The monoisotopic (exact) mass is 321 g/mol. The van der Waals surface area contributed by atoms with E-state index >= 15 is 0 Å². The molecule has 0 atom stereocenters. The van der Waals surface area contributed by atoms with Gasteiger partial charge in [0.05, 0.1) is 4.88 Å². The Hall–Kier alpha value is -2.66. The SMILES string of the molecule is NC(=O)c1sc2c(c1Cc1ccncc1)CNc1ccccc1-2. The minimum absolute atomic E-state index is 0.356. The molecule has 4 rings (SSSR count). The van der Waals surface area contributed by atoms with Crippen LogP contribution in [0.5, 0.6) is 0 Å². The molecule has 3 heterocycles. The van der Waals surface area contributed by atoms with Crippen LogP contribution in [0.25, 0.3) is 10.4 Å². The first-order chi connectivity index (χ1) is 11.2. The Morgan fingerprint density at radius 1 is 1.22 bits per heavy atom. The fraction of sp³-hybridized carbons (Fsp3) is 0.111. The largest absolute Gasteiger partial charge is 0.380 e. The fourth-order valence-electron chi connectivity index (χ4n) is 3.01. The Morgan fingerprint density at radius 3 is 2.78 bits per heavy atom. The van der Waals surface area contributed by atoms with Crippen LogP contribution in [-0.2, 0) is 13.0 Å². The van der Waals surface area contributed by atoms with E-state index in [0.717, 1.165) is 33.8 Å². The van der Waals surface area contributed by atoms with Gasteiger partial charge in [-0.05, 0) is 41.3 Å². The number of anilines is 1. The third kappa shape index (κ3) is 2.39. The zero-order valence-electron chi connectivity index (χ0n) is 12.4. The van der Waals surface area contributed by atoms with Crippen molar-refractivity contribution < 1.29 is 4.79 Å². The summed E-state index contributed by atoms with van der Waals surface area (Å²) in [6.07, 6.45) is 4.23. The van der Waals surface area contributed by atoms with Crippen molar-refractivity contribution in [1.82, 2.24) is 4.98 Å². The molecule has 1 aromatic carbocycles. The van der Waals surface area contributed by atoms with Gasteiger partial charge >= 0.3 is 0 Å². The number of thiophene rings is 1. The van der Waals surface area contributed by atoms with Crippen molar-refractivity contribution in [3.05, 3.63) is 70.4 Å². The number of fused-ring (bicyclic) bond motifs is 3. The van der Waals surface area contributed by atoms with Crippen molar-refractivity contribution in [2.24, 2.45) is 5.73 Å². The summed E-state index contributed by atoms with van der Waals surface area (Å²) < 4.78 is 0. The summed E-state index contributed by atoms with van der Waals surface area (Å²) in [7, 11) is 0. The summed E-state index contributed by atoms with van der Waals surface area (Å²) in [5.41, 5.74) is 11.2. The molecule has 0 aliphatic carbocycles. The Balaban J connectivity index is 1.87. The maximum absolute atomic E-state index is 11.9. The minimum Gasteiger partial charge on any atom is -0.380 e. The maximum Gasteiger partial charge on any atom is 0.259 e. The Kier molecular flexibility index (Phi) is 3.35. The lowest BCUT2D eigenvalue weighted by atomic mass is 9.95. The molecule has 1 amide bonds. The summed E-state index contributed by atoms with van der Waals surface area (Å²) in [5, 5.41) is 3.44. The lowest BCUT2D eigenvalue weighted by Gasteiger charge is -2.19. The number of carbonyl (C=O) groups is 1. The van der Waals surface area contributed by atoms with Crippen molar-refractivity contribution in [3.8, 4) is 10.4 Å². The summed E-state index contributed by atoms with van der Waals surface area (Å²) >= 11 is 1.50. The number of para-hydroxylation sites is 1. The lowest BCUT2D eigenvalue weighted by molar-refractivity contribution is 0.100. The van der Waals surface area contributed by atoms with Gasteiger partial charge in [-0.2, -0.15) is 0 Å². The van der Waals surface area contributed by atoms with Gasteiger partial charge in [-0.1, -0.05) is 18.2 Å². The number of amides is 1. The van der Waals surface area contributed by atoms with E-state index in [1.165, 1.54) is 16.9 Å². The van der Waals surface area contributed by atoms with E-state index in [-0.39, 0.29) is 5.91 Å². The molecule has 3 aromatic rings. The lowest BCUT2D eigenvalue weighted by Crippen LogP contribution is -2.13. The Labute approximate surface area is 138 Å². The molecule has 114 valence electrons. The highest BCUT2D eigenvalue weighted by atomic mass is 32.1. The third-order valence-electron chi connectivity index (χ3n) is 4.10. The molecule has 4 nitrogen and oxygen atoms in total. The number of hydrogen-bond acceptors (Lipinski definition) is 4. The van der Waals surface area contributed by atoms with Gasteiger partial charge in [0.1, 0.15) is 0 Å². The Morgan fingerprint density at radius 2 is 2.00 bits per heavy atom. The highest BCUT2D eigenvalue weighted by molar-refractivity contribution is 7.17. The summed E-state index contributed by atoms with van der Waals surface area (Å²) in [6, 6.07) is 12.1. The molecule has 0 fully saturated rings. The zero-order chi connectivity index (χ0) is 15.8. The second kappa shape index (κ2) is 5.52. The van der Waals surface area contributed by atoms with Gasteiger partial charge in [0.25, 0.3) is 5.91 Å². The van der Waals surface area contributed by atoms with Crippen LogP contribution in [0.3, 0.4) is 0 Å². The molecule has 3 N–H and O–H groups in total. The normalized spacial score (nSPS) is 12.2. The standard InChI is InChI=1S/C18H15N3OS/c19-18(22)17-13(9-11-5-7-20-8-6-11)14-10-21-15-4-2-1-3-12(15)16(14)23-17/h1-8,21H,9-10H2,(H2,19,22). The van der Waals surface area contributed by atoms with Gasteiger partial charge in [-0.15, -0.1) is 11.3 Å². The van der Waals surface area contributed by atoms with Crippen LogP contribution in [-0.4, -0.2) is 10.9 Å². The molecule has 2 aromatic heterocycles. The number of pyridine rings is 1. The van der Waals surface area contributed by atoms with Gasteiger partial charge in [-0.3, -0.25) is 9.78 Å². The molecule has 0 saturated heterocycles. The number of hydrogen-bond donors (Lipinski definition) is 2. The number of benzene rings is 1. The zero-order valence-corrected chi connectivity index (χ0v) is 13.2. The van der Waals surface area contributed by atoms with Crippen molar-refractivity contribution in [2.45, 2.75) is 13.0 Å². The van der Waals surface area contributed by atoms with Crippen LogP contribution < -0.4 is 11.1 Å². The molecule has 1 aliphatic heterocycles. The third-order valence-corrected chi connectivity index (χ3v) is 5.42. The first-order valence-electron chi connectivity index (χ1n) is 7.40. The topological polar surface area (TPSA) is 68.0 Å². The fourth-order valence-corrected chi connectivity index (χ4v) is 4.24. The van der Waals surface area contributed by atoms with E-state index in [9.17, 15) is 4.79 Å². The second-order valence-corrected chi connectivity index (χ2v) is 6.53. The van der Waals surface area contributed by atoms with E-state index in [2.05, 4.69) is 22.4 Å². The smallest absolute Gasteiger partial charge is 0.259 e. The van der Waals surface area contributed by atoms with Gasteiger partial charge in [0.15, 0.2) is 0 Å². The van der Waals surface area contributed by atoms with Crippen LogP contribution in [0.2, 0.25) is 0 Å². The van der Waals surface area contributed by atoms with Crippen LogP contribution in [0.4, 0.5) is 5.69 Å². The van der Waals surface area contributed by atoms with E-state index in [0.29, 0.717) is 11.3 Å². The summed E-state index contributed by atoms with van der Waals surface area (Å²) in [4.78, 5) is 17.8. The molecule has 1 aliphatic rings. The van der Waals surface area contributed by atoms with Gasteiger partial charge in [0, 0.05) is 35.1 Å². The maximum atomic E-state index is 11.9. The Bertz CT molecular complexity index is 887. The highest BCUT2D eigenvalue weighted by Gasteiger charge is 2.26. The molecule has 0 unspecified atom stereocenters. The molecular formula is C18H15N3OS. The molecule has 23 heavy (non-hydrogen) atoms. The number of rotatable bonds is 3.